The lowest BCUT2D eigenvalue weighted by Crippen LogP contribution is -2.24. The fourth-order valence-electron chi connectivity index (χ4n) is 2.24. The van der Waals surface area contributed by atoms with Gasteiger partial charge >= 0.3 is 0 Å². The van der Waals surface area contributed by atoms with Crippen LogP contribution >= 0.6 is 0 Å². The summed E-state index contributed by atoms with van der Waals surface area (Å²) in [5, 5.41) is 0. The summed E-state index contributed by atoms with van der Waals surface area (Å²) < 4.78 is 0. The quantitative estimate of drug-likeness (QED) is 0.607. The molecule has 1 aliphatic rings. The minimum Gasteiger partial charge on any atom is -0.0622 e. The highest BCUT2D eigenvalue weighted by Gasteiger charge is 2.28. The molecule has 69 valence electrons. The Hall–Kier alpha value is -0.780. The molecule has 0 aliphatic heterocycles. The van der Waals surface area contributed by atoms with E-state index >= 15 is 0 Å². The van der Waals surface area contributed by atoms with Crippen LogP contribution in [0.15, 0.2) is 30.3 Å². The molecular formula is C13H17. The van der Waals surface area contributed by atoms with E-state index in [2.05, 4.69) is 43.7 Å². The van der Waals surface area contributed by atoms with Gasteiger partial charge in [0.25, 0.3) is 0 Å². The fourth-order valence-corrected chi connectivity index (χ4v) is 2.24. The second-order valence-electron chi connectivity index (χ2n) is 4.29. The molecule has 0 aromatic heterocycles. The van der Waals surface area contributed by atoms with Crippen molar-refractivity contribution in [2.45, 2.75) is 38.0 Å². The predicted molar refractivity (Wildman–Crippen MR) is 56.6 cm³/mol. The molecule has 0 N–H and O–H groups in total. The van der Waals surface area contributed by atoms with Gasteiger partial charge in [0, 0.05) is 0 Å². The van der Waals surface area contributed by atoms with Gasteiger partial charge in [0.15, 0.2) is 0 Å². The maximum Gasteiger partial charge on any atom is -0.00750 e. The van der Waals surface area contributed by atoms with Crippen molar-refractivity contribution in [2.75, 3.05) is 0 Å². The van der Waals surface area contributed by atoms with Crippen molar-refractivity contribution in [1.82, 2.24) is 0 Å². The highest BCUT2D eigenvalue weighted by Crippen LogP contribution is 2.38. The fraction of sp³-hybridized carbons (Fsp3) is 0.462. The van der Waals surface area contributed by atoms with Crippen LogP contribution in [0.2, 0.25) is 0 Å². The number of rotatable bonds is 1. The largest absolute Gasteiger partial charge is 0.0622 e. The van der Waals surface area contributed by atoms with Crippen molar-refractivity contribution in [1.29, 1.82) is 0 Å². The third-order valence-electron chi connectivity index (χ3n) is 3.27. The molecule has 0 saturated heterocycles. The summed E-state index contributed by atoms with van der Waals surface area (Å²) >= 11 is 0. The Morgan fingerprint density at radius 1 is 1.00 bits per heavy atom. The van der Waals surface area contributed by atoms with E-state index in [4.69, 9.17) is 0 Å². The van der Waals surface area contributed by atoms with Crippen molar-refractivity contribution in [2.24, 2.45) is 0 Å². The van der Waals surface area contributed by atoms with Gasteiger partial charge in [-0.1, -0.05) is 37.3 Å². The van der Waals surface area contributed by atoms with E-state index < -0.39 is 0 Å². The molecule has 0 unspecified atom stereocenters. The third-order valence-corrected chi connectivity index (χ3v) is 3.27. The summed E-state index contributed by atoms with van der Waals surface area (Å²) in [5.74, 6) is 0. The molecule has 0 nitrogen and oxygen atoms in total. The summed E-state index contributed by atoms with van der Waals surface area (Å²) in [6, 6.07) is 10.9. The minimum absolute atomic E-state index is 0.440. The summed E-state index contributed by atoms with van der Waals surface area (Å²) in [5.41, 5.74) is 1.96. The van der Waals surface area contributed by atoms with Gasteiger partial charge in [-0.2, -0.15) is 0 Å². The van der Waals surface area contributed by atoms with E-state index in [1.165, 1.54) is 31.2 Å². The van der Waals surface area contributed by atoms with Crippen LogP contribution in [-0.2, 0) is 5.41 Å². The van der Waals surface area contributed by atoms with Gasteiger partial charge < -0.3 is 0 Å². The molecule has 1 radical (unpaired) electrons. The predicted octanol–water partition coefficient (Wildman–Crippen LogP) is 3.72. The van der Waals surface area contributed by atoms with Gasteiger partial charge in [-0.15, -0.1) is 0 Å². The van der Waals surface area contributed by atoms with E-state index in [9.17, 15) is 0 Å². The molecule has 0 spiro atoms. The smallest absolute Gasteiger partial charge is 0.00750 e. The van der Waals surface area contributed by atoms with Crippen LogP contribution < -0.4 is 0 Å². The van der Waals surface area contributed by atoms with Crippen molar-refractivity contribution >= 4 is 0 Å². The molecule has 2 rings (SSSR count). The zero-order valence-corrected chi connectivity index (χ0v) is 8.29. The number of hydrogen-bond acceptors (Lipinski definition) is 0. The topological polar surface area (TPSA) is 0 Å². The first-order chi connectivity index (χ1) is 6.31. The van der Waals surface area contributed by atoms with Gasteiger partial charge in [0.1, 0.15) is 0 Å². The van der Waals surface area contributed by atoms with E-state index in [0.29, 0.717) is 5.41 Å². The lowest BCUT2D eigenvalue weighted by Gasteiger charge is -2.34. The van der Waals surface area contributed by atoms with Gasteiger partial charge in [0.05, 0.1) is 0 Å². The van der Waals surface area contributed by atoms with Crippen molar-refractivity contribution in [3.8, 4) is 0 Å². The molecule has 13 heavy (non-hydrogen) atoms. The summed E-state index contributed by atoms with van der Waals surface area (Å²) in [7, 11) is 0. The molecule has 1 aliphatic carbocycles. The molecule has 0 heterocycles. The highest BCUT2D eigenvalue weighted by molar-refractivity contribution is 5.25. The van der Waals surface area contributed by atoms with Crippen molar-refractivity contribution in [3.05, 3.63) is 42.3 Å². The SMILES string of the molecule is CC1(c2ccccc2)CC[CH]CC1. The third kappa shape index (κ3) is 1.77. The van der Waals surface area contributed by atoms with Crippen LogP contribution in [-0.4, -0.2) is 0 Å². The monoisotopic (exact) mass is 173 g/mol. The number of hydrogen-bond donors (Lipinski definition) is 0. The molecule has 0 atom stereocenters. The summed E-state index contributed by atoms with van der Waals surface area (Å²) in [6.07, 6.45) is 7.62. The highest BCUT2D eigenvalue weighted by atomic mass is 14.3. The molecule has 1 saturated carbocycles. The zero-order chi connectivity index (χ0) is 9.15. The summed E-state index contributed by atoms with van der Waals surface area (Å²) in [4.78, 5) is 0. The zero-order valence-electron chi connectivity index (χ0n) is 8.29. The molecule has 1 fully saturated rings. The maximum absolute atomic E-state index is 2.42. The van der Waals surface area contributed by atoms with Crippen LogP contribution in [0, 0.1) is 6.42 Å². The Labute approximate surface area is 81.0 Å². The van der Waals surface area contributed by atoms with Crippen molar-refractivity contribution in [3.63, 3.8) is 0 Å². The molecule has 0 bridgehead atoms. The first-order valence-electron chi connectivity index (χ1n) is 5.18. The van der Waals surface area contributed by atoms with Crippen LogP contribution in [0.3, 0.4) is 0 Å². The second-order valence-corrected chi connectivity index (χ2v) is 4.29. The standard InChI is InChI=1S/C13H17/c1-13(10-6-3-7-11-13)12-8-4-2-5-9-12/h2-5,8-9H,6-7,10-11H2,1H3. The molecule has 1 aromatic carbocycles. The van der Waals surface area contributed by atoms with Gasteiger partial charge in [-0.25, -0.2) is 0 Å². The van der Waals surface area contributed by atoms with E-state index in [1.54, 1.807) is 0 Å². The summed E-state index contributed by atoms with van der Waals surface area (Å²) in [6.45, 7) is 2.40. The van der Waals surface area contributed by atoms with Crippen molar-refractivity contribution < 1.29 is 0 Å². The van der Waals surface area contributed by atoms with Crippen LogP contribution in [0.25, 0.3) is 0 Å². The molecular weight excluding hydrogens is 156 g/mol. The first kappa shape index (κ1) is 8.80. The van der Waals surface area contributed by atoms with Gasteiger partial charge in [0.2, 0.25) is 0 Å². The number of benzene rings is 1. The van der Waals surface area contributed by atoms with E-state index in [1.807, 2.05) is 0 Å². The lowest BCUT2D eigenvalue weighted by atomic mass is 9.71. The van der Waals surface area contributed by atoms with Gasteiger partial charge in [-0.3, -0.25) is 0 Å². The van der Waals surface area contributed by atoms with Crippen LogP contribution in [0.4, 0.5) is 0 Å². The van der Waals surface area contributed by atoms with E-state index in [-0.39, 0.29) is 0 Å². The molecule has 1 aromatic rings. The Morgan fingerprint density at radius 2 is 1.62 bits per heavy atom. The lowest BCUT2D eigenvalue weighted by molar-refractivity contribution is 0.360. The van der Waals surface area contributed by atoms with E-state index in [0.717, 1.165) is 0 Å². The van der Waals surface area contributed by atoms with Crippen LogP contribution in [0.1, 0.15) is 38.2 Å². The maximum atomic E-state index is 2.42. The van der Waals surface area contributed by atoms with Crippen LogP contribution in [0.5, 0.6) is 0 Å². The first-order valence-corrected chi connectivity index (χ1v) is 5.18. The average Bonchev–Trinajstić information content (AvgIpc) is 2.20. The minimum atomic E-state index is 0.440. The molecule has 0 heteroatoms. The normalized spacial score (nSPS) is 21.3. The second kappa shape index (κ2) is 3.53. The average molecular weight is 173 g/mol. The Kier molecular flexibility index (Phi) is 2.39. The molecule has 0 amide bonds. The Morgan fingerprint density at radius 3 is 2.23 bits per heavy atom. The Bertz CT molecular complexity index is 255. The van der Waals surface area contributed by atoms with Gasteiger partial charge in [-0.05, 0) is 43.1 Å². The Balaban J connectivity index is 2.23.